The quantitative estimate of drug-likeness (QED) is 0.558. The Labute approximate surface area is 199 Å². The van der Waals surface area contributed by atoms with Gasteiger partial charge in [-0.25, -0.2) is 13.1 Å². The number of hydrogen-bond acceptors (Lipinski definition) is 5. The predicted molar refractivity (Wildman–Crippen MR) is 132 cm³/mol. The standard InChI is InChI=1S/C25H30N4O4S/c1-5-10-29-24(30)21-9-7-6-8-20(21)22(26-29)25(31)27-11-13-28(14-12-27)34(32,33)23-18(3)15-17(2)16-19(23)4/h6-9,15-16H,5,10-14H2,1-4H3. The van der Waals surface area contributed by atoms with Gasteiger partial charge >= 0.3 is 0 Å². The highest BCUT2D eigenvalue weighted by molar-refractivity contribution is 7.89. The summed E-state index contributed by atoms with van der Waals surface area (Å²) in [6.07, 6.45) is 0.716. The number of carbonyl (C=O) groups is 1. The van der Waals surface area contributed by atoms with E-state index in [-0.39, 0.29) is 43.3 Å². The van der Waals surface area contributed by atoms with Crippen molar-refractivity contribution in [3.63, 3.8) is 0 Å². The van der Waals surface area contributed by atoms with Gasteiger partial charge in [0.05, 0.1) is 10.3 Å². The van der Waals surface area contributed by atoms with Crippen LogP contribution in [0.2, 0.25) is 0 Å². The second-order valence-corrected chi connectivity index (χ2v) is 10.7. The van der Waals surface area contributed by atoms with Gasteiger partial charge in [0.1, 0.15) is 0 Å². The molecule has 0 bridgehead atoms. The molecule has 1 aliphatic rings. The van der Waals surface area contributed by atoms with Crippen molar-refractivity contribution in [3.05, 3.63) is 69.1 Å². The number of carbonyl (C=O) groups excluding carboxylic acids is 1. The smallest absolute Gasteiger partial charge is 0.275 e. The molecule has 0 unspecified atom stereocenters. The molecule has 0 aliphatic carbocycles. The highest BCUT2D eigenvalue weighted by Crippen LogP contribution is 2.26. The molecule has 0 saturated carbocycles. The maximum Gasteiger partial charge on any atom is 0.275 e. The second-order valence-electron chi connectivity index (χ2n) is 8.85. The van der Waals surface area contributed by atoms with Crippen LogP contribution in [-0.4, -0.2) is 59.5 Å². The normalized spacial score (nSPS) is 15.1. The summed E-state index contributed by atoms with van der Waals surface area (Å²) in [7, 11) is -3.67. The van der Waals surface area contributed by atoms with Crippen LogP contribution in [0.5, 0.6) is 0 Å². The van der Waals surface area contributed by atoms with Gasteiger partial charge < -0.3 is 4.90 Å². The minimum atomic E-state index is -3.67. The molecule has 9 heteroatoms. The topological polar surface area (TPSA) is 92.6 Å². The van der Waals surface area contributed by atoms with Crippen LogP contribution in [-0.2, 0) is 16.6 Å². The van der Waals surface area contributed by atoms with Gasteiger partial charge in [0.25, 0.3) is 11.5 Å². The first-order valence-corrected chi connectivity index (χ1v) is 13.0. The fraction of sp³-hybridized carbons (Fsp3) is 0.400. The van der Waals surface area contributed by atoms with Gasteiger partial charge in [-0.2, -0.15) is 9.40 Å². The monoisotopic (exact) mass is 482 g/mol. The van der Waals surface area contributed by atoms with E-state index in [2.05, 4.69) is 5.10 Å². The third-order valence-electron chi connectivity index (χ3n) is 6.23. The lowest BCUT2D eigenvalue weighted by Gasteiger charge is -2.34. The van der Waals surface area contributed by atoms with Crippen LogP contribution >= 0.6 is 0 Å². The Balaban J connectivity index is 1.60. The number of benzene rings is 2. The Morgan fingerprint density at radius 2 is 1.56 bits per heavy atom. The average molecular weight is 483 g/mol. The Kier molecular flexibility index (Phi) is 6.60. The zero-order valence-corrected chi connectivity index (χ0v) is 20.9. The number of fused-ring (bicyclic) bond motifs is 1. The summed E-state index contributed by atoms with van der Waals surface area (Å²) < 4.78 is 29.6. The van der Waals surface area contributed by atoms with Gasteiger partial charge in [-0.15, -0.1) is 0 Å². The third kappa shape index (κ3) is 4.25. The van der Waals surface area contributed by atoms with E-state index in [4.69, 9.17) is 0 Å². The van der Waals surface area contributed by atoms with Crippen molar-refractivity contribution in [2.75, 3.05) is 26.2 Å². The molecule has 1 aromatic heterocycles. The van der Waals surface area contributed by atoms with Gasteiger partial charge in [-0.05, 0) is 44.4 Å². The molecule has 34 heavy (non-hydrogen) atoms. The molecule has 2 heterocycles. The molecule has 0 radical (unpaired) electrons. The lowest BCUT2D eigenvalue weighted by Crippen LogP contribution is -2.51. The van der Waals surface area contributed by atoms with E-state index in [0.717, 1.165) is 16.7 Å². The first kappa shape index (κ1) is 24.1. The van der Waals surface area contributed by atoms with E-state index in [1.807, 2.05) is 39.8 Å². The molecule has 1 saturated heterocycles. The highest BCUT2D eigenvalue weighted by Gasteiger charge is 2.33. The van der Waals surface area contributed by atoms with Crippen LogP contribution in [0.4, 0.5) is 0 Å². The van der Waals surface area contributed by atoms with Crippen LogP contribution in [0.15, 0.2) is 46.1 Å². The molecule has 0 atom stereocenters. The number of piperazine rings is 1. The van der Waals surface area contributed by atoms with Crippen LogP contribution in [0, 0.1) is 20.8 Å². The zero-order chi connectivity index (χ0) is 24.6. The van der Waals surface area contributed by atoms with Gasteiger partial charge in [-0.3, -0.25) is 9.59 Å². The number of aromatic nitrogens is 2. The van der Waals surface area contributed by atoms with E-state index in [1.54, 1.807) is 29.2 Å². The van der Waals surface area contributed by atoms with Crippen LogP contribution in [0.25, 0.3) is 10.8 Å². The van der Waals surface area contributed by atoms with Crippen LogP contribution in [0.1, 0.15) is 40.5 Å². The van der Waals surface area contributed by atoms with Crippen molar-refractivity contribution in [1.29, 1.82) is 0 Å². The molecule has 2 aromatic carbocycles. The van der Waals surface area contributed by atoms with Crippen molar-refractivity contribution in [1.82, 2.24) is 19.0 Å². The number of rotatable bonds is 5. The summed E-state index contributed by atoms with van der Waals surface area (Å²) in [6, 6.07) is 10.7. The minimum Gasteiger partial charge on any atom is -0.335 e. The first-order chi connectivity index (χ1) is 16.1. The lowest BCUT2D eigenvalue weighted by atomic mass is 10.1. The fourth-order valence-corrected chi connectivity index (χ4v) is 6.57. The van der Waals surface area contributed by atoms with Gasteiger partial charge in [0.2, 0.25) is 10.0 Å². The van der Waals surface area contributed by atoms with Crippen molar-refractivity contribution in [2.45, 2.75) is 45.6 Å². The van der Waals surface area contributed by atoms with Crippen molar-refractivity contribution in [2.24, 2.45) is 0 Å². The molecular weight excluding hydrogens is 452 g/mol. The molecule has 0 N–H and O–H groups in total. The summed E-state index contributed by atoms with van der Waals surface area (Å²) in [5, 5.41) is 5.37. The maximum absolute atomic E-state index is 13.4. The predicted octanol–water partition coefficient (Wildman–Crippen LogP) is 2.88. The van der Waals surface area contributed by atoms with Gasteiger partial charge in [-0.1, -0.05) is 42.8 Å². The summed E-state index contributed by atoms with van der Waals surface area (Å²) in [5.41, 5.74) is 2.49. The van der Waals surface area contributed by atoms with Gasteiger partial charge in [0.15, 0.2) is 5.69 Å². The summed E-state index contributed by atoms with van der Waals surface area (Å²) in [5.74, 6) is -0.291. The zero-order valence-electron chi connectivity index (χ0n) is 20.0. The number of amides is 1. The van der Waals surface area contributed by atoms with E-state index < -0.39 is 10.0 Å². The van der Waals surface area contributed by atoms with E-state index in [0.29, 0.717) is 28.6 Å². The Morgan fingerprint density at radius 3 is 2.15 bits per heavy atom. The van der Waals surface area contributed by atoms with Crippen molar-refractivity contribution >= 4 is 26.7 Å². The summed E-state index contributed by atoms with van der Waals surface area (Å²) in [6.45, 7) is 8.86. The van der Waals surface area contributed by atoms with E-state index >= 15 is 0 Å². The summed E-state index contributed by atoms with van der Waals surface area (Å²) in [4.78, 5) is 28.1. The largest absolute Gasteiger partial charge is 0.335 e. The van der Waals surface area contributed by atoms with Crippen molar-refractivity contribution < 1.29 is 13.2 Å². The van der Waals surface area contributed by atoms with E-state index in [1.165, 1.54) is 8.99 Å². The van der Waals surface area contributed by atoms with Crippen LogP contribution < -0.4 is 5.56 Å². The van der Waals surface area contributed by atoms with Crippen molar-refractivity contribution in [3.8, 4) is 0 Å². The molecule has 4 rings (SSSR count). The minimum absolute atomic E-state index is 0.202. The number of nitrogens with zero attached hydrogens (tertiary/aromatic N) is 4. The molecule has 3 aromatic rings. The fourth-order valence-electron chi connectivity index (χ4n) is 4.74. The van der Waals surface area contributed by atoms with Gasteiger partial charge in [0, 0.05) is 38.1 Å². The Morgan fingerprint density at radius 1 is 0.971 bits per heavy atom. The number of sulfonamides is 1. The summed E-state index contributed by atoms with van der Waals surface area (Å²) >= 11 is 0. The molecule has 180 valence electrons. The van der Waals surface area contributed by atoms with Crippen LogP contribution in [0.3, 0.4) is 0 Å². The number of aryl methyl sites for hydroxylation is 4. The molecule has 1 amide bonds. The number of hydrogen-bond donors (Lipinski definition) is 0. The molecule has 1 fully saturated rings. The Hall–Kier alpha value is -3.04. The Bertz CT molecular complexity index is 1400. The molecule has 0 spiro atoms. The first-order valence-electron chi connectivity index (χ1n) is 11.5. The van der Waals surface area contributed by atoms with E-state index in [9.17, 15) is 18.0 Å². The third-order valence-corrected chi connectivity index (χ3v) is 8.44. The maximum atomic E-state index is 13.4. The lowest BCUT2D eigenvalue weighted by molar-refractivity contribution is 0.0691. The highest BCUT2D eigenvalue weighted by atomic mass is 32.2. The second kappa shape index (κ2) is 9.31. The molecular formula is C25H30N4O4S. The molecule has 8 nitrogen and oxygen atoms in total. The average Bonchev–Trinajstić information content (AvgIpc) is 2.80. The SMILES string of the molecule is CCCn1nc(C(=O)N2CCN(S(=O)(=O)c3c(C)cc(C)cc3C)CC2)c2ccccc2c1=O. The molecule has 1 aliphatic heterocycles.